The largest absolute Gasteiger partial charge is 0.456 e. The molecule has 1 heterocycles. The lowest BCUT2D eigenvalue weighted by Crippen LogP contribution is -2.61. The predicted molar refractivity (Wildman–Crippen MR) is 76.0 cm³/mol. The highest BCUT2D eigenvalue weighted by atomic mass is 16.5. The molecule has 2 rings (SSSR count). The monoisotopic (exact) mass is 283 g/mol. The summed E-state index contributed by atoms with van der Waals surface area (Å²) in [6.45, 7) is 4.97. The van der Waals surface area contributed by atoms with Gasteiger partial charge in [-0.2, -0.15) is 0 Å². The second kappa shape index (κ2) is 6.12. The summed E-state index contributed by atoms with van der Waals surface area (Å²) in [6, 6.07) is 0.718. The van der Waals surface area contributed by atoms with E-state index in [9.17, 15) is 9.59 Å². The van der Waals surface area contributed by atoms with Crippen molar-refractivity contribution in [3.63, 3.8) is 0 Å². The van der Waals surface area contributed by atoms with Crippen LogP contribution in [0.3, 0.4) is 0 Å². The van der Waals surface area contributed by atoms with Gasteiger partial charge < -0.3 is 14.5 Å². The average molecular weight is 283 g/mol. The molecule has 0 aromatic rings. The number of carbonyl (C=O) groups is 2. The van der Waals surface area contributed by atoms with E-state index in [4.69, 9.17) is 4.74 Å². The second-order valence-electron chi connectivity index (χ2n) is 6.56. The Morgan fingerprint density at radius 3 is 2.50 bits per heavy atom. The molecule has 1 N–H and O–H groups in total. The van der Waals surface area contributed by atoms with Crippen LogP contribution in [0.15, 0.2) is 0 Å². The minimum Gasteiger partial charge on any atom is -0.456 e. The number of carbonyl (C=O) groups excluding carboxylic acids is 2. The molecule has 5 nitrogen and oxygen atoms in total. The smallest absolute Gasteiger partial charge is 0.303 e. The van der Waals surface area contributed by atoms with Crippen molar-refractivity contribution in [1.29, 1.82) is 0 Å². The van der Waals surface area contributed by atoms with Crippen LogP contribution in [0.1, 0.15) is 46.0 Å². The van der Waals surface area contributed by atoms with Crippen molar-refractivity contribution in [2.75, 3.05) is 20.1 Å². The lowest BCUT2D eigenvalue weighted by molar-refractivity contribution is -0.925. The van der Waals surface area contributed by atoms with E-state index in [1.165, 1.54) is 19.8 Å². The van der Waals surface area contributed by atoms with Gasteiger partial charge in [0.25, 0.3) is 0 Å². The third-order valence-corrected chi connectivity index (χ3v) is 4.83. The van der Waals surface area contributed by atoms with E-state index in [0.29, 0.717) is 6.04 Å². The third-order valence-electron chi connectivity index (χ3n) is 4.83. The normalized spacial score (nSPS) is 37.5. The van der Waals surface area contributed by atoms with Crippen LogP contribution in [0.2, 0.25) is 0 Å². The van der Waals surface area contributed by atoms with Crippen LogP contribution >= 0.6 is 0 Å². The maximum atomic E-state index is 11.4. The summed E-state index contributed by atoms with van der Waals surface area (Å²) in [7, 11) is 2.24. The number of quaternary nitrogens is 1. The summed E-state index contributed by atoms with van der Waals surface area (Å²) < 4.78 is 6.29. The summed E-state index contributed by atoms with van der Waals surface area (Å²) in [6.07, 6.45) is 5.60. The van der Waals surface area contributed by atoms with Gasteiger partial charge in [0.05, 0.1) is 19.6 Å². The van der Waals surface area contributed by atoms with Gasteiger partial charge >= 0.3 is 5.97 Å². The third kappa shape index (κ3) is 3.51. The molecule has 5 heteroatoms. The van der Waals surface area contributed by atoms with Crippen LogP contribution in [0.25, 0.3) is 0 Å². The lowest BCUT2D eigenvalue weighted by Gasteiger charge is -2.44. The summed E-state index contributed by atoms with van der Waals surface area (Å²) in [5, 5.41) is 3.13. The Bertz CT molecular complexity index is 385. The number of hydrogen-bond donors (Lipinski definition) is 1. The molecule has 0 aromatic carbocycles. The molecule has 1 aliphatic heterocycles. The zero-order valence-corrected chi connectivity index (χ0v) is 12.9. The fraction of sp³-hybridized carbons (Fsp3) is 0.867. The number of likely N-dealkylation sites (N-methyl/N-ethyl adjacent to an activating group) is 1. The molecular weight excluding hydrogens is 256 g/mol. The summed E-state index contributed by atoms with van der Waals surface area (Å²) in [4.78, 5) is 22.5. The average Bonchev–Trinajstić information content (AvgIpc) is 2.71. The highest BCUT2D eigenvalue weighted by Crippen LogP contribution is 2.32. The fourth-order valence-corrected chi connectivity index (χ4v) is 4.01. The number of hydrogen-bond acceptors (Lipinski definition) is 3. The van der Waals surface area contributed by atoms with Gasteiger partial charge in [-0.3, -0.25) is 9.59 Å². The van der Waals surface area contributed by atoms with Gasteiger partial charge in [-0.05, 0) is 12.8 Å². The summed E-state index contributed by atoms with van der Waals surface area (Å²) in [5.41, 5.74) is 0. The molecule has 0 aromatic heterocycles. The highest BCUT2D eigenvalue weighted by Gasteiger charge is 2.46. The van der Waals surface area contributed by atoms with Crippen molar-refractivity contribution in [1.82, 2.24) is 5.32 Å². The Hall–Kier alpha value is -1.10. The van der Waals surface area contributed by atoms with Gasteiger partial charge in [-0.1, -0.05) is 6.42 Å². The first kappa shape index (κ1) is 15.3. The van der Waals surface area contributed by atoms with E-state index in [0.717, 1.165) is 36.8 Å². The van der Waals surface area contributed by atoms with E-state index in [1.807, 2.05) is 0 Å². The molecule has 0 radical (unpaired) electrons. The first-order chi connectivity index (χ1) is 9.40. The first-order valence-corrected chi connectivity index (χ1v) is 7.69. The molecule has 0 spiro atoms. The van der Waals surface area contributed by atoms with E-state index >= 15 is 0 Å². The number of amides is 1. The molecule has 1 amide bonds. The number of ether oxygens (including phenoxy) is 1. The van der Waals surface area contributed by atoms with E-state index < -0.39 is 0 Å². The summed E-state index contributed by atoms with van der Waals surface area (Å²) in [5.74, 6) is -0.130. The maximum Gasteiger partial charge on any atom is 0.303 e. The topological polar surface area (TPSA) is 55.4 Å². The Kier molecular flexibility index (Phi) is 4.68. The van der Waals surface area contributed by atoms with Gasteiger partial charge in [0.1, 0.15) is 12.6 Å². The predicted octanol–water partition coefficient (Wildman–Crippen LogP) is 1.22. The van der Waals surface area contributed by atoms with Gasteiger partial charge in [-0.15, -0.1) is 0 Å². The zero-order valence-electron chi connectivity index (χ0n) is 12.9. The minimum atomic E-state index is -0.189. The van der Waals surface area contributed by atoms with Crippen molar-refractivity contribution in [2.45, 2.75) is 64.1 Å². The van der Waals surface area contributed by atoms with Crippen LogP contribution in [-0.4, -0.2) is 54.7 Å². The maximum absolute atomic E-state index is 11.4. The van der Waals surface area contributed by atoms with Crippen molar-refractivity contribution in [2.24, 2.45) is 0 Å². The molecule has 1 unspecified atom stereocenters. The van der Waals surface area contributed by atoms with Crippen molar-refractivity contribution >= 4 is 11.9 Å². The van der Waals surface area contributed by atoms with Crippen LogP contribution in [-0.2, 0) is 14.3 Å². The van der Waals surface area contributed by atoms with Crippen LogP contribution in [0.4, 0.5) is 0 Å². The summed E-state index contributed by atoms with van der Waals surface area (Å²) >= 11 is 0. The Morgan fingerprint density at radius 1 is 1.15 bits per heavy atom. The molecule has 1 aliphatic carbocycles. The first-order valence-electron chi connectivity index (χ1n) is 7.69. The van der Waals surface area contributed by atoms with Crippen molar-refractivity contribution in [3.05, 3.63) is 0 Å². The number of nitrogens with one attached hydrogen (secondary N) is 1. The molecule has 0 bridgehead atoms. The quantitative estimate of drug-likeness (QED) is 0.626. The zero-order chi connectivity index (χ0) is 14.8. The Morgan fingerprint density at radius 2 is 1.85 bits per heavy atom. The fourth-order valence-electron chi connectivity index (χ4n) is 4.01. The Labute approximate surface area is 121 Å². The Balaban J connectivity index is 2.03. The van der Waals surface area contributed by atoms with Gasteiger partial charge in [0.2, 0.25) is 5.91 Å². The van der Waals surface area contributed by atoms with E-state index in [1.54, 1.807) is 6.92 Å². The van der Waals surface area contributed by atoms with E-state index in [-0.39, 0.29) is 24.0 Å². The van der Waals surface area contributed by atoms with Crippen molar-refractivity contribution < 1.29 is 18.8 Å². The molecule has 114 valence electrons. The SMILES string of the molecule is CC(=O)NC1CCCC[C@@H]1[N@+]1(C)CC[C@@H](OC(C)=O)C1. The number of nitrogens with zero attached hydrogens (tertiary/aromatic N) is 1. The van der Waals surface area contributed by atoms with Crippen LogP contribution in [0, 0.1) is 0 Å². The van der Waals surface area contributed by atoms with Crippen LogP contribution in [0.5, 0.6) is 0 Å². The molecule has 1 saturated heterocycles. The van der Waals surface area contributed by atoms with Crippen molar-refractivity contribution in [3.8, 4) is 0 Å². The van der Waals surface area contributed by atoms with Gasteiger partial charge in [0, 0.05) is 26.7 Å². The van der Waals surface area contributed by atoms with E-state index in [2.05, 4.69) is 12.4 Å². The molecule has 20 heavy (non-hydrogen) atoms. The second-order valence-corrected chi connectivity index (χ2v) is 6.56. The lowest BCUT2D eigenvalue weighted by atomic mass is 9.88. The molecule has 1 saturated carbocycles. The van der Waals surface area contributed by atoms with Gasteiger partial charge in [0.15, 0.2) is 6.10 Å². The van der Waals surface area contributed by atoms with Crippen LogP contribution < -0.4 is 5.32 Å². The molecule has 4 atom stereocenters. The minimum absolute atomic E-state index is 0.0393. The molecule has 2 aliphatic rings. The number of rotatable bonds is 3. The number of esters is 1. The number of likely N-dealkylation sites (tertiary alicyclic amines) is 1. The molecule has 2 fully saturated rings. The highest BCUT2D eigenvalue weighted by molar-refractivity contribution is 5.73. The standard InChI is InChI=1S/C15H26N2O3/c1-11(18)16-14-6-4-5-7-15(14)17(3)9-8-13(10-17)20-12(2)19/h13-15H,4-10H2,1-3H3/p+1/t13-,14?,15+,17-/m1/s1. The van der Waals surface area contributed by atoms with Gasteiger partial charge in [-0.25, -0.2) is 0 Å². The molecular formula is C15H27N2O3+.